The standard InChI is InChI=1S/C17H17N5O2/c1-11-5-4-8-18-14(11)19-9-10-20-17(24)15-21-13-7-3-2-6-12(13)16(23)22-15/h2-8H,9-10H2,1H3,(H,18,19)(H,20,24)(H,21,22,23). The van der Waals surface area contributed by atoms with Crippen LogP contribution in [-0.4, -0.2) is 33.9 Å². The lowest BCUT2D eigenvalue weighted by Gasteiger charge is -2.09. The summed E-state index contributed by atoms with van der Waals surface area (Å²) in [5.41, 5.74) is 1.20. The first-order chi connectivity index (χ1) is 11.6. The first kappa shape index (κ1) is 15.7. The summed E-state index contributed by atoms with van der Waals surface area (Å²) >= 11 is 0. The highest BCUT2D eigenvalue weighted by molar-refractivity contribution is 5.92. The molecular weight excluding hydrogens is 306 g/mol. The Bertz CT molecular complexity index is 935. The number of carbonyl (C=O) groups is 1. The first-order valence-corrected chi connectivity index (χ1v) is 7.58. The van der Waals surface area contributed by atoms with E-state index in [4.69, 9.17) is 0 Å². The van der Waals surface area contributed by atoms with E-state index in [9.17, 15) is 9.59 Å². The van der Waals surface area contributed by atoms with Crippen molar-refractivity contribution in [2.45, 2.75) is 6.92 Å². The van der Waals surface area contributed by atoms with Gasteiger partial charge in [0.15, 0.2) is 5.82 Å². The maximum Gasteiger partial charge on any atom is 0.287 e. The van der Waals surface area contributed by atoms with Crippen LogP contribution in [0.5, 0.6) is 0 Å². The predicted octanol–water partition coefficient (Wildman–Crippen LogP) is 1.47. The lowest BCUT2D eigenvalue weighted by molar-refractivity contribution is 0.0945. The van der Waals surface area contributed by atoms with Gasteiger partial charge in [0.25, 0.3) is 11.5 Å². The van der Waals surface area contributed by atoms with Gasteiger partial charge in [0.2, 0.25) is 0 Å². The average Bonchev–Trinajstić information content (AvgIpc) is 2.60. The van der Waals surface area contributed by atoms with Crippen molar-refractivity contribution < 1.29 is 4.79 Å². The van der Waals surface area contributed by atoms with E-state index in [0.717, 1.165) is 11.4 Å². The van der Waals surface area contributed by atoms with Gasteiger partial charge >= 0.3 is 0 Å². The van der Waals surface area contributed by atoms with E-state index in [1.54, 1.807) is 30.5 Å². The lowest BCUT2D eigenvalue weighted by atomic mass is 10.2. The third-order valence-electron chi connectivity index (χ3n) is 3.54. The summed E-state index contributed by atoms with van der Waals surface area (Å²) in [6.07, 6.45) is 1.71. The highest BCUT2D eigenvalue weighted by Crippen LogP contribution is 2.08. The molecule has 122 valence electrons. The van der Waals surface area contributed by atoms with E-state index in [1.165, 1.54) is 0 Å². The number of amides is 1. The molecule has 3 N–H and O–H groups in total. The van der Waals surface area contributed by atoms with Crippen LogP contribution in [0, 0.1) is 6.92 Å². The number of hydrogen-bond acceptors (Lipinski definition) is 5. The number of rotatable bonds is 5. The second-order valence-corrected chi connectivity index (χ2v) is 5.28. The molecule has 0 aliphatic rings. The second kappa shape index (κ2) is 6.91. The minimum Gasteiger partial charge on any atom is -0.368 e. The number of nitrogens with zero attached hydrogens (tertiary/aromatic N) is 2. The zero-order valence-corrected chi connectivity index (χ0v) is 13.2. The van der Waals surface area contributed by atoms with Crippen molar-refractivity contribution in [2.75, 3.05) is 18.4 Å². The topological polar surface area (TPSA) is 99.8 Å². The molecule has 2 aromatic heterocycles. The smallest absolute Gasteiger partial charge is 0.287 e. The van der Waals surface area contributed by atoms with E-state index >= 15 is 0 Å². The third kappa shape index (κ3) is 3.40. The molecule has 0 radical (unpaired) electrons. The average molecular weight is 323 g/mol. The number of carbonyl (C=O) groups excluding carboxylic acids is 1. The number of aromatic nitrogens is 3. The van der Waals surface area contributed by atoms with Crippen LogP contribution in [0.4, 0.5) is 5.82 Å². The largest absolute Gasteiger partial charge is 0.368 e. The minimum atomic E-state index is -0.419. The predicted molar refractivity (Wildman–Crippen MR) is 92.2 cm³/mol. The molecule has 0 aliphatic carbocycles. The van der Waals surface area contributed by atoms with Gasteiger partial charge in [0.05, 0.1) is 10.9 Å². The second-order valence-electron chi connectivity index (χ2n) is 5.28. The Morgan fingerprint density at radius 1 is 1.17 bits per heavy atom. The van der Waals surface area contributed by atoms with Gasteiger partial charge in [-0.05, 0) is 30.7 Å². The number of aromatic amines is 1. The van der Waals surface area contributed by atoms with Crippen LogP contribution in [0.3, 0.4) is 0 Å². The molecule has 0 spiro atoms. The maximum atomic E-state index is 12.1. The van der Waals surface area contributed by atoms with Crippen molar-refractivity contribution in [1.82, 2.24) is 20.3 Å². The number of nitrogens with one attached hydrogen (secondary N) is 3. The molecule has 1 amide bonds. The van der Waals surface area contributed by atoms with Crippen molar-refractivity contribution >= 4 is 22.6 Å². The fourth-order valence-electron chi connectivity index (χ4n) is 2.31. The highest BCUT2D eigenvalue weighted by Gasteiger charge is 2.10. The van der Waals surface area contributed by atoms with Gasteiger partial charge < -0.3 is 15.6 Å². The van der Waals surface area contributed by atoms with E-state index in [1.807, 2.05) is 19.1 Å². The van der Waals surface area contributed by atoms with Crippen molar-refractivity contribution in [1.29, 1.82) is 0 Å². The number of pyridine rings is 1. The molecule has 3 aromatic rings. The van der Waals surface area contributed by atoms with Crippen LogP contribution in [-0.2, 0) is 0 Å². The summed E-state index contributed by atoms with van der Waals surface area (Å²) in [5, 5.41) is 6.32. The summed E-state index contributed by atoms with van der Waals surface area (Å²) in [5.74, 6) is 0.370. The molecule has 24 heavy (non-hydrogen) atoms. The Balaban J connectivity index is 1.61. The van der Waals surface area contributed by atoms with Crippen molar-refractivity contribution in [3.05, 3.63) is 64.3 Å². The molecule has 2 heterocycles. The van der Waals surface area contributed by atoms with Crippen LogP contribution in [0.15, 0.2) is 47.4 Å². The number of fused-ring (bicyclic) bond motifs is 1. The molecule has 0 unspecified atom stereocenters. The summed E-state index contributed by atoms with van der Waals surface area (Å²) in [6.45, 7) is 2.85. The van der Waals surface area contributed by atoms with Gasteiger partial charge in [-0.2, -0.15) is 0 Å². The van der Waals surface area contributed by atoms with Crippen LogP contribution in [0.25, 0.3) is 10.9 Å². The summed E-state index contributed by atoms with van der Waals surface area (Å²) in [6, 6.07) is 10.7. The number of hydrogen-bond donors (Lipinski definition) is 3. The molecule has 3 rings (SSSR count). The Morgan fingerprint density at radius 3 is 2.83 bits per heavy atom. The Morgan fingerprint density at radius 2 is 2.00 bits per heavy atom. The quantitative estimate of drug-likeness (QED) is 0.617. The van der Waals surface area contributed by atoms with Crippen molar-refractivity contribution in [3.8, 4) is 0 Å². The van der Waals surface area contributed by atoms with Crippen LogP contribution < -0.4 is 16.2 Å². The van der Waals surface area contributed by atoms with Crippen LogP contribution in [0.2, 0.25) is 0 Å². The Kier molecular flexibility index (Phi) is 4.51. The SMILES string of the molecule is Cc1cccnc1NCCNC(=O)c1nc2ccccc2c(=O)[nH]1. The molecule has 0 saturated carbocycles. The van der Waals surface area contributed by atoms with Crippen LogP contribution in [0.1, 0.15) is 16.2 Å². The van der Waals surface area contributed by atoms with Gasteiger partial charge in [0, 0.05) is 19.3 Å². The number of benzene rings is 1. The normalized spacial score (nSPS) is 10.5. The highest BCUT2D eigenvalue weighted by atomic mass is 16.2. The third-order valence-corrected chi connectivity index (χ3v) is 3.54. The molecule has 7 heteroatoms. The summed E-state index contributed by atoms with van der Waals surface area (Å²) < 4.78 is 0. The number of anilines is 1. The Labute approximate surface area is 138 Å². The minimum absolute atomic E-state index is 0.00715. The van der Waals surface area contributed by atoms with Gasteiger partial charge in [-0.3, -0.25) is 9.59 Å². The van der Waals surface area contributed by atoms with Gasteiger partial charge in [-0.1, -0.05) is 18.2 Å². The first-order valence-electron chi connectivity index (χ1n) is 7.58. The molecule has 7 nitrogen and oxygen atoms in total. The van der Waals surface area contributed by atoms with E-state index in [-0.39, 0.29) is 11.4 Å². The van der Waals surface area contributed by atoms with Gasteiger partial charge in [0.1, 0.15) is 5.82 Å². The lowest BCUT2D eigenvalue weighted by Crippen LogP contribution is -2.31. The molecule has 0 fully saturated rings. The van der Waals surface area contributed by atoms with Crippen LogP contribution >= 0.6 is 0 Å². The molecule has 1 aromatic carbocycles. The molecule has 0 atom stereocenters. The monoisotopic (exact) mass is 323 g/mol. The molecular formula is C17H17N5O2. The fourth-order valence-corrected chi connectivity index (χ4v) is 2.31. The zero-order chi connectivity index (χ0) is 16.9. The maximum absolute atomic E-state index is 12.1. The summed E-state index contributed by atoms with van der Waals surface area (Å²) in [7, 11) is 0. The van der Waals surface area contributed by atoms with Gasteiger partial charge in [-0.15, -0.1) is 0 Å². The number of para-hydroxylation sites is 1. The van der Waals surface area contributed by atoms with E-state index < -0.39 is 5.91 Å². The molecule has 0 bridgehead atoms. The molecule has 0 aliphatic heterocycles. The van der Waals surface area contributed by atoms with Crippen molar-refractivity contribution in [2.24, 2.45) is 0 Å². The number of aryl methyl sites for hydroxylation is 1. The van der Waals surface area contributed by atoms with Gasteiger partial charge in [-0.25, -0.2) is 9.97 Å². The fraction of sp³-hybridized carbons (Fsp3) is 0.176. The van der Waals surface area contributed by atoms with E-state index in [0.29, 0.717) is 24.0 Å². The summed E-state index contributed by atoms with van der Waals surface area (Å²) in [4.78, 5) is 35.0. The molecule has 0 saturated heterocycles. The number of H-pyrrole nitrogens is 1. The zero-order valence-electron chi connectivity index (χ0n) is 13.2. The Hall–Kier alpha value is -3.22. The van der Waals surface area contributed by atoms with E-state index in [2.05, 4.69) is 25.6 Å². The van der Waals surface area contributed by atoms with Crippen molar-refractivity contribution in [3.63, 3.8) is 0 Å².